The first-order valence-corrected chi connectivity index (χ1v) is 10.8. The fourth-order valence-corrected chi connectivity index (χ4v) is 4.20. The van der Waals surface area contributed by atoms with Crippen LogP contribution in [0.25, 0.3) is 0 Å². The number of benzene rings is 2. The highest BCUT2D eigenvalue weighted by Crippen LogP contribution is 2.40. The Morgan fingerprint density at radius 1 is 1.00 bits per heavy atom. The number of amides is 1. The van der Waals surface area contributed by atoms with Gasteiger partial charge in [-0.2, -0.15) is 0 Å². The number of ether oxygens (including phenoxy) is 3. The standard InChI is InChI=1S/C22H27NO4S/c1-4-25-18-14-16(15-19(26-5-2)21(18)27-6-3)22(24)23-12-9-13-28-20-11-8-7-10-17(20)23/h7-8,10-11,14-15H,4-6,9,12-13H2,1-3H3. The molecule has 6 heteroatoms. The van der Waals surface area contributed by atoms with Crippen molar-refractivity contribution in [3.63, 3.8) is 0 Å². The zero-order valence-electron chi connectivity index (χ0n) is 16.7. The molecule has 0 saturated carbocycles. The van der Waals surface area contributed by atoms with E-state index in [-0.39, 0.29) is 5.91 Å². The van der Waals surface area contributed by atoms with Gasteiger partial charge in [0.2, 0.25) is 5.75 Å². The Bertz CT molecular complexity index is 797. The van der Waals surface area contributed by atoms with Gasteiger partial charge in [0.25, 0.3) is 5.91 Å². The second kappa shape index (κ2) is 9.73. The van der Waals surface area contributed by atoms with E-state index in [1.165, 1.54) is 0 Å². The summed E-state index contributed by atoms with van der Waals surface area (Å²) in [5.74, 6) is 2.57. The first-order valence-electron chi connectivity index (χ1n) is 9.79. The summed E-state index contributed by atoms with van der Waals surface area (Å²) in [7, 11) is 0. The van der Waals surface area contributed by atoms with Gasteiger partial charge in [-0.15, -0.1) is 11.8 Å². The van der Waals surface area contributed by atoms with E-state index in [0.29, 0.717) is 49.2 Å². The van der Waals surface area contributed by atoms with Crippen LogP contribution in [0.2, 0.25) is 0 Å². The molecule has 1 aliphatic heterocycles. The van der Waals surface area contributed by atoms with Crippen LogP contribution in [-0.2, 0) is 0 Å². The largest absolute Gasteiger partial charge is 0.490 e. The summed E-state index contributed by atoms with van der Waals surface area (Å²) in [6.45, 7) is 7.86. The number of thioether (sulfide) groups is 1. The van der Waals surface area contributed by atoms with Gasteiger partial charge in [-0.25, -0.2) is 0 Å². The number of nitrogens with zero attached hydrogens (tertiary/aromatic N) is 1. The predicted octanol–water partition coefficient (Wildman–Crippen LogP) is 5.03. The molecular formula is C22H27NO4S. The van der Waals surface area contributed by atoms with Gasteiger partial charge < -0.3 is 19.1 Å². The molecule has 0 aromatic heterocycles. The molecule has 0 bridgehead atoms. The number of rotatable bonds is 7. The van der Waals surface area contributed by atoms with Crippen LogP contribution in [0, 0.1) is 0 Å². The molecule has 1 heterocycles. The van der Waals surface area contributed by atoms with E-state index in [1.807, 2.05) is 43.9 Å². The van der Waals surface area contributed by atoms with Crippen molar-refractivity contribution in [2.75, 3.05) is 37.0 Å². The summed E-state index contributed by atoms with van der Waals surface area (Å²) in [6.07, 6.45) is 0.943. The number of para-hydroxylation sites is 1. The molecule has 0 aliphatic carbocycles. The number of hydrogen-bond acceptors (Lipinski definition) is 5. The average molecular weight is 402 g/mol. The van der Waals surface area contributed by atoms with Crippen LogP contribution in [0.1, 0.15) is 37.6 Å². The van der Waals surface area contributed by atoms with Crippen molar-refractivity contribution in [3.05, 3.63) is 42.0 Å². The van der Waals surface area contributed by atoms with Crippen LogP contribution in [-0.4, -0.2) is 38.0 Å². The monoisotopic (exact) mass is 401 g/mol. The highest BCUT2D eigenvalue weighted by molar-refractivity contribution is 7.99. The van der Waals surface area contributed by atoms with Gasteiger partial charge in [0.1, 0.15) is 0 Å². The lowest BCUT2D eigenvalue weighted by Gasteiger charge is -2.24. The number of carbonyl (C=O) groups excluding carboxylic acids is 1. The Hall–Kier alpha value is -2.34. The molecule has 150 valence electrons. The average Bonchev–Trinajstić information content (AvgIpc) is 2.92. The lowest BCUT2D eigenvalue weighted by molar-refractivity contribution is 0.0985. The van der Waals surface area contributed by atoms with Gasteiger partial charge in [-0.05, 0) is 57.2 Å². The summed E-state index contributed by atoms with van der Waals surface area (Å²) < 4.78 is 17.3. The van der Waals surface area contributed by atoms with Crippen molar-refractivity contribution in [2.24, 2.45) is 0 Å². The van der Waals surface area contributed by atoms with Gasteiger partial charge in [0.05, 0.1) is 25.5 Å². The Balaban J connectivity index is 2.03. The summed E-state index contributed by atoms with van der Waals surface area (Å²) >= 11 is 1.79. The van der Waals surface area contributed by atoms with E-state index in [2.05, 4.69) is 6.07 Å². The quantitative estimate of drug-likeness (QED) is 0.652. The lowest BCUT2D eigenvalue weighted by Crippen LogP contribution is -2.31. The van der Waals surface area contributed by atoms with Gasteiger partial charge in [0, 0.05) is 17.0 Å². The number of carbonyl (C=O) groups is 1. The molecule has 0 radical (unpaired) electrons. The summed E-state index contributed by atoms with van der Waals surface area (Å²) in [4.78, 5) is 16.5. The molecular weight excluding hydrogens is 374 g/mol. The smallest absolute Gasteiger partial charge is 0.258 e. The molecule has 2 aromatic carbocycles. The molecule has 28 heavy (non-hydrogen) atoms. The number of anilines is 1. The molecule has 0 saturated heterocycles. The van der Waals surface area contributed by atoms with Crippen LogP contribution in [0.15, 0.2) is 41.3 Å². The maximum absolute atomic E-state index is 13.5. The highest BCUT2D eigenvalue weighted by Gasteiger charge is 2.25. The second-order valence-corrected chi connectivity index (χ2v) is 7.36. The normalized spacial score (nSPS) is 13.5. The van der Waals surface area contributed by atoms with E-state index in [0.717, 1.165) is 22.8 Å². The fraction of sp³-hybridized carbons (Fsp3) is 0.409. The first kappa shape index (κ1) is 20.4. The third kappa shape index (κ3) is 4.38. The van der Waals surface area contributed by atoms with E-state index in [4.69, 9.17) is 14.2 Å². The Kier molecular flexibility index (Phi) is 7.09. The third-order valence-electron chi connectivity index (χ3n) is 4.34. The van der Waals surface area contributed by atoms with Gasteiger partial charge in [0.15, 0.2) is 11.5 Å². The Morgan fingerprint density at radius 2 is 1.64 bits per heavy atom. The van der Waals surface area contributed by atoms with Crippen LogP contribution in [0.4, 0.5) is 5.69 Å². The maximum atomic E-state index is 13.5. The van der Waals surface area contributed by atoms with Crippen molar-refractivity contribution in [3.8, 4) is 17.2 Å². The van der Waals surface area contributed by atoms with Crippen LogP contribution >= 0.6 is 11.8 Å². The van der Waals surface area contributed by atoms with Crippen LogP contribution in [0.3, 0.4) is 0 Å². The second-order valence-electron chi connectivity index (χ2n) is 6.23. The van der Waals surface area contributed by atoms with Crippen molar-refractivity contribution < 1.29 is 19.0 Å². The maximum Gasteiger partial charge on any atom is 0.258 e. The molecule has 1 amide bonds. The molecule has 1 aliphatic rings. The molecule has 3 rings (SSSR count). The molecule has 0 unspecified atom stereocenters. The molecule has 5 nitrogen and oxygen atoms in total. The highest BCUT2D eigenvalue weighted by atomic mass is 32.2. The lowest BCUT2D eigenvalue weighted by atomic mass is 10.1. The summed E-state index contributed by atoms with van der Waals surface area (Å²) in [6, 6.07) is 11.6. The van der Waals surface area contributed by atoms with Crippen LogP contribution in [0.5, 0.6) is 17.2 Å². The fourth-order valence-electron chi connectivity index (χ4n) is 3.21. The Morgan fingerprint density at radius 3 is 2.29 bits per heavy atom. The Labute approximate surface area is 171 Å². The zero-order valence-corrected chi connectivity index (χ0v) is 17.5. The summed E-state index contributed by atoms with van der Waals surface area (Å²) in [5, 5.41) is 0. The number of fused-ring (bicyclic) bond motifs is 1. The van der Waals surface area contributed by atoms with E-state index >= 15 is 0 Å². The van der Waals surface area contributed by atoms with Gasteiger partial charge >= 0.3 is 0 Å². The van der Waals surface area contributed by atoms with Gasteiger partial charge in [-0.1, -0.05) is 12.1 Å². The topological polar surface area (TPSA) is 48.0 Å². The van der Waals surface area contributed by atoms with Gasteiger partial charge in [-0.3, -0.25) is 4.79 Å². The van der Waals surface area contributed by atoms with E-state index in [1.54, 1.807) is 23.9 Å². The minimum atomic E-state index is -0.0556. The SMILES string of the molecule is CCOc1cc(C(=O)N2CCCSc3ccccc32)cc(OCC)c1OCC. The van der Waals surface area contributed by atoms with Crippen molar-refractivity contribution in [2.45, 2.75) is 32.1 Å². The number of hydrogen-bond donors (Lipinski definition) is 0. The van der Waals surface area contributed by atoms with E-state index in [9.17, 15) is 4.79 Å². The molecule has 0 atom stereocenters. The van der Waals surface area contributed by atoms with E-state index < -0.39 is 0 Å². The molecule has 0 N–H and O–H groups in total. The van der Waals surface area contributed by atoms with Crippen LogP contribution < -0.4 is 19.1 Å². The van der Waals surface area contributed by atoms with Crippen molar-refractivity contribution in [1.82, 2.24) is 0 Å². The minimum absolute atomic E-state index is 0.0556. The third-order valence-corrected chi connectivity index (χ3v) is 5.49. The van der Waals surface area contributed by atoms with Crippen molar-refractivity contribution in [1.29, 1.82) is 0 Å². The first-order chi connectivity index (χ1) is 13.7. The predicted molar refractivity (Wildman–Crippen MR) is 113 cm³/mol. The molecule has 0 spiro atoms. The molecule has 0 fully saturated rings. The molecule has 2 aromatic rings. The minimum Gasteiger partial charge on any atom is -0.490 e. The zero-order chi connectivity index (χ0) is 19.9. The van der Waals surface area contributed by atoms with Crippen molar-refractivity contribution >= 4 is 23.4 Å². The summed E-state index contributed by atoms with van der Waals surface area (Å²) in [5.41, 5.74) is 1.50.